The van der Waals surface area contributed by atoms with Gasteiger partial charge in [0.25, 0.3) is 0 Å². The Bertz CT molecular complexity index is 1020. The van der Waals surface area contributed by atoms with Crippen LogP contribution in [0.4, 0.5) is 22.0 Å². The lowest BCUT2D eigenvalue weighted by Gasteiger charge is -2.30. The zero-order chi connectivity index (χ0) is 23.0. The zero-order valence-corrected chi connectivity index (χ0v) is 17.8. The summed E-state index contributed by atoms with van der Waals surface area (Å²) in [5, 5.41) is 2.28. The van der Waals surface area contributed by atoms with Crippen molar-refractivity contribution in [2.75, 3.05) is 13.1 Å². The molecule has 2 aromatic carbocycles. The number of halogens is 5. The molecule has 0 unspecified atom stereocenters. The molecule has 0 aromatic heterocycles. The van der Waals surface area contributed by atoms with Crippen LogP contribution in [0.15, 0.2) is 41.3 Å². The third-order valence-corrected chi connectivity index (χ3v) is 7.33. The summed E-state index contributed by atoms with van der Waals surface area (Å²) in [7, 11) is -4.17. The van der Waals surface area contributed by atoms with Gasteiger partial charge in [-0.1, -0.05) is 12.1 Å². The normalized spacial score (nSPS) is 20.4. The van der Waals surface area contributed by atoms with Crippen LogP contribution in [0.25, 0.3) is 0 Å². The lowest BCUT2D eigenvalue weighted by molar-refractivity contribution is -0.125. The number of rotatable bonds is 6. The SMILES string of the molecule is Cc1cc(S(=O)(=O)N2[C@H](CNCC(F)(F)F)CC[C@@H]2c2ccc(F)cc2)cc(C)c1F. The Morgan fingerprint density at radius 1 is 1.03 bits per heavy atom. The summed E-state index contributed by atoms with van der Waals surface area (Å²) < 4.78 is 93.4. The van der Waals surface area contributed by atoms with E-state index in [2.05, 4.69) is 5.32 Å². The van der Waals surface area contributed by atoms with Gasteiger partial charge in [0, 0.05) is 12.6 Å². The molecule has 0 saturated carbocycles. The van der Waals surface area contributed by atoms with Crippen LogP contribution >= 0.6 is 0 Å². The molecule has 0 radical (unpaired) electrons. The largest absolute Gasteiger partial charge is 0.401 e. The fourth-order valence-electron chi connectivity index (χ4n) is 3.97. The predicted octanol–water partition coefficient (Wildman–Crippen LogP) is 4.63. The van der Waals surface area contributed by atoms with E-state index in [-0.39, 0.29) is 22.6 Å². The molecular weight excluding hydrogens is 439 g/mol. The van der Waals surface area contributed by atoms with Gasteiger partial charge in [-0.2, -0.15) is 17.5 Å². The topological polar surface area (TPSA) is 49.4 Å². The number of hydrogen-bond acceptors (Lipinski definition) is 3. The van der Waals surface area contributed by atoms with E-state index in [0.717, 1.165) is 0 Å². The highest BCUT2D eigenvalue weighted by Crippen LogP contribution is 2.41. The van der Waals surface area contributed by atoms with E-state index >= 15 is 0 Å². The second kappa shape index (κ2) is 8.84. The highest BCUT2D eigenvalue weighted by Gasteiger charge is 2.43. The van der Waals surface area contributed by atoms with Gasteiger partial charge in [0.15, 0.2) is 0 Å². The van der Waals surface area contributed by atoms with Gasteiger partial charge in [0.2, 0.25) is 10.0 Å². The van der Waals surface area contributed by atoms with Crippen LogP contribution in [0.1, 0.15) is 35.6 Å². The van der Waals surface area contributed by atoms with Crippen molar-refractivity contribution >= 4 is 10.0 Å². The Hall–Kier alpha value is -2.04. The van der Waals surface area contributed by atoms with Crippen molar-refractivity contribution in [3.8, 4) is 0 Å². The Morgan fingerprint density at radius 3 is 2.16 bits per heavy atom. The molecule has 10 heteroatoms. The van der Waals surface area contributed by atoms with E-state index < -0.39 is 46.5 Å². The highest BCUT2D eigenvalue weighted by atomic mass is 32.2. The van der Waals surface area contributed by atoms with Gasteiger partial charge in [-0.3, -0.25) is 0 Å². The molecule has 2 atom stereocenters. The van der Waals surface area contributed by atoms with Crippen LogP contribution < -0.4 is 5.32 Å². The van der Waals surface area contributed by atoms with Crippen molar-refractivity contribution < 1.29 is 30.4 Å². The van der Waals surface area contributed by atoms with Crippen molar-refractivity contribution in [1.82, 2.24) is 9.62 Å². The summed E-state index contributed by atoms with van der Waals surface area (Å²) in [6, 6.07) is 6.38. The second-order valence-corrected chi connectivity index (χ2v) is 9.59. The fourth-order valence-corrected chi connectivity index (χ4v) is 6.00. The molecule has 1 aliphatic heterocycles. The minimum absolute atomic E-state index is 0.126. The van der Waals surface area contributed by atoms with Crippen molar-refractivity contribution in [3.05, 3.63) is 64.7 Å². The number of hydrogen-bond donors (Lipinski definition) is 1. The molecule has 0 aliphatic carbocycles. The van der Waals surface area contributed by atoms with E-state index in [1.54, 1.807) is 0 Å². The van der Waals surface area contributed by atoms with Crippen LogP contribution in [0, 0.1) is 25.5 Å². The van der Waals surface area contributed by atoms with Crippen LogP contribution in [0.3, 0.4) is 0 Å². The third kappa shape index (κ3) is 5.24. The standard InChI is InChI=1S/C21H23F5N2O2S/c1-13-9-18(10-14(2)20(13)23)31(29,30)28-17(11-27-12-21(24,25)26)7-8-19(28)15-3-5-16(22)6-4-15/h3-6,9-10,17,19,27H,7-8,11-12H2,1-2H3/t17-,19+/m0/s1. The lowest BCUT2D eigenvalue weighted by atomic mass is 10.1. The van der Waals surface area contributed by atoms with E-state index in [1.165, 1.54) is 54.6 Å². The highest BCUT2D eigenvalue weighted by molar-refractivity contribution is 7.89. The van der Waals surface area contributed by atoms with E-state index in [4.69, 9.17) is 0 Å². The van der Waals surface area contributed by atoms with Crippen molar-refractivity contribution in [1.29, 1.82) is 0 Å². The molecule has 1 fully saturated rings. The molecule has 0 bridgehead atoms. The maximum absolute atomic E-state index is 14.1. The molecule has 3 rings (SSSR count). The summed E-state index contributed by atoms with van der Waals surface area (Å²) in [4.78, 5) is -0.126. The van der Waals surface area contributed by atoms with Crippen LogP contribution in [-0.2, 0) is 10.0 Å². The second-order valence-electron chi connectivity index (χ2n) is 7.75. The molecule has 31 heavy (non-hydrogen) atoms. The molecule has 1 saturated heterocycles. The van der Waals surface area contributed by atoms with Gasteiger partial charge in [0.05, 0.1) is 17.5 Å². The number of nitrogens with zero attached hydrogens (tertiary/aromatic N) is 1. The summed E-state index contributed by atoms with van der Waals surface area (Å²) >= 11 is 0. The van der Waals surface area contributed by atoms with Crippen molar-refractivity contribution in [2.45, 2.75) is 49.8 Å². The Balaban J connectivity index is 1.99. The van der Waals surface area contributed by atoms with Gasteiger partial charge in [-0.25, -0.2) is 17.2 Å². The first-order valence-corrected chi connectivity index (χ1v) is 11.2. The summed E-state index contributed by atoms with van der Waals surface area (Å²) in [6.45, 7) is 1.46. The number of alkyl halides is 3. The van der Waals surface area contributed by atoms with Crippen LogP contribution in [0.5, 0.6) is 0 Å². The number of sulfonamides is 1. The molecule has 1 heterocycles. The van der Waals surface area contributed by atoms with E-state index in [0.29, 0.717) is 18.4 Å². The first kappa shape index (κ1) is 23.6. The third-order valence-electron chi connectivity index (χ3n) is 5.39. The molecule has 170 valence electrons. The first-order chi connectivity index (χ1) is 14.4. The van der Waals surface area contributed by atoms with Gasteiger partial charge in [-0.15, -0.1) is 0 Å². The maximum atomic E-state index is 14.1. The molecule has 2 aromatic rings. The van der Waals surface area contributed by atoms with Gasteiger partial charge in [-0.05, 0) is 67.6 Å². The molecule has 1 aliphatic rings. The predicted molar refractivity (Wildman–Crippen MR) is 106 cm³/mol. The minimum atomic E-state index is -4.43. The quantitative estimate of drug-likeness (QED) is 0.637. The molecular formula is C21H23F5N2O2S. The van der Waals surface area contributed by atoms with E-state index in [1.807, 2.05) is 0 Å². The summed E-state index contributed by atoms with van der Waals surface area (Å²) in [5.74, 6) is -0.997. The number of benzene rings is 2. The molecule has 0 spiro atoms. The van der Waals surface area contributed by atoms with E-state index in [9.17, 15) is 30.4 Å². The first-order valence-electron chi connectivity index (χ1n) is 9.73. The van der Waals surface area contributed by atoms with Gasteiger partial charge in [0.1, 0.15) is 11.6 Å². The average Bonchev–Trinajstić information content (AvgIpc) is 3.10. The summed E-state index contributed by atoms with van der Waals surface area (Å²) in [6.07, 6.45) is -3.74. The number of aryl methyl sites for hydroxylation is 2. The van der Waals surface area contributed by atoms with Gasteiger partial charge >= 0.3 is 6.18 Å². The summed E-state index contributed by atoms with van der Waals surface area (Å²) in [5.41, 5.74) is 0.851. The molecule has 0 amide bonds. The smallest absolute Gasteiger partial charge is 0.307 e. The Kier molecular flexibility index (Phi) is 6.73. The van der Waals surface area contributed by atoms with Crippen molar-refractivity contribution in [3.63, 3.8) is 0 Å². The number of nitrogens with one attached hydrogen (secondary N) is 1. The Labute approximate surface area is 178 Å². The lowest BCUT2D eigenvalue weighted by Crippen LogP contribution is -2.44. The molecule has 1 N–H and O–H groups in total. The van der Waals surface area contributed by atoms with Crippen molar-refractivity contribution in [2.24, 2.45) is 0 Å². The zero-order valence-electron chi connectivity index (χ0n) is 17.0. The molecule has 4 nitrogen and oxygen atoms in total. The maximum Gasteiger partial charge on any atom is 0.401 e. The Morgan fingerprint density at radius 2 is 1.61 bits per heavy atom. The van der Waals surface area contributed by atoms with Crippen LogP contribution in [0.2, 0.25) is 0 Å². The average molecular weight is 462 g/mol. The monoisotopic (exact) mass is 462 g/mol. The van der Waals surface area contributed by atoms with Gasteiger partial charge < -0.3 is 5.32 Å². The fraction of sp³-hybridized carbons (Fsp3) is 0.429. The minimum Gasteiger partial charge on any atom is -0.307 e. The van der Waals surface area contributed by atoms with Crippen LogP contribution in [-0.4, -0.2) is 38.0 Å².